The second kappa shape index (κ2) is 18.2. The van der Waals surface area contributed by atoms with Crippen LogP contribution in [-0.2, 0) is 0 Å². The summed E-state index contributed by atoms with van der Waals surface area (Å²) in [6, 6.07) is 102. The van der Waals surface area contributed by atoms with Crippen LogP contribution >= 0.6 is 0 Å². The lowest BCUT2D eigenvalue weighted by atomic mass is 9.95. The van der Waals surface area contributed by atoms with Gasteiger partial charge in [-0.3, -0.25) is 0 Å². The van der Waals surface area contributed by atoms with E-state index in [2.05, 4.69) is 267 Å². The molecular weight excluding hydrogens is 999 g/mol. The summed E-state index contributed by atoms with van der Waals surface area (Å²) in [5.41, 5.74) is 17.9. The van der Waals surface area contributed by atoms with Gasteiger partial charge in [-0.25, -0.2) is 15.0 Å². The zero-order valence-electron chi connectivity index (χ0n) is 44.3. The van der Waals surface area contributed by atoms with Gasteiger partial charge in [0.1, 0.15) is 0 Å². The third-order valence-corrected chi connectivity index (χ3v) is 16.6. The molecule has 0 aliphatic rings. The van der Waals surface area contributed by atoms with Crippen LogP contribution in [0.4, 0.5) is 0 Å². The summed E-state index contributed by atoms with van der Waals surface area (Å²) in [5.74, 6) is 1.75. The zero-order valence-corrected chi connectivity index (χ0v) is 44.3. The van der Waals surface area contributed by atoms with Crippen molar-refractivity contribution in [1.29, 1.82) is 0 Å². The largest absolute Gasteiger partial charge is 0.309 e. The topological polar surface area (TPSA) is 58.4 Å². The second-order valence-corrected chi connectivity index (χ2v) is 21.1. The van der Waals surface area contributed by atoms with E-state index < -0.39 is 0 Å². The van der Waals surface area contributed by atoms with Crippen LogP contribution in [0.15, 0.2) is 285 Å². The monoisotopic (exact) mass is 1050 g/mol. The highest BCUT2D eigenvalue weighted by Gasteiger charge is 2.27. The Bertz CT molecular complexity index is 5250. The quantitative estimate of drug-likeness (QED) is 0.152. The summed E-state index contributed by atoms with van der Waals surface area (Å²) in [6.45, 7) is 0. The van der Waals surface area contributed by atoms with Gasteiger partial charge in [0.05, 0.1) is 66.8 Å². The minimum atomic E-state index is 0.566. The van der Waals surface area contributed by atoms with Crippen molar-refractivity contribution in [1.82, 2.24) is 33.2 Å². The SMILES string of the molecule is c1ccc(-c2nc(-c3ccccc3)nc(-c3c(-c4ccccc4-n4c5ccccc5c5c(-n6c7ccccc7c7ccccc76)cccc54)cccc3-n3c4ccccc4c4cc(-n5c6ccccc6c6ccccc65)ccc43)n2)cc1. The molecule has 17 aromatic rings. The Morgan fingerprint density at radius 2 is 0.585 bits per heavy atom. The maximum atomic E-state index is 5.56. The van der Waals surface area contributed by atoms with Crippen molar-refractivity contribution in [3.63, 3.8) is 0 Å². The van der Waals surface area contributed by atoms with Gasteiger partial charge in [-0.1, -0.05) is 206 Å². The highest BCUT2D eigenvalue weighted by molar-refractivity contribution is 6.17. The van der Waals surface area contributed by atoms with E-state index in [1.807, 2.05) is 36.4 Å². The molecule has 382 valence electrons. The highest BCUT2D eigenvalue weighted by atomic mass is 15.1. The van der Waals surface area contributed by atoms with E-state index in [1.54, 1.807) is 0 Å². The molecule has 0 aliphatic carbocycles. The molecule has 0 spiro atoms. The molecule has 0 saturated carbocycles. The summed E-state index contributed by atoms with van der Waals surface area (Å²) in [6.07, 6.45) is 0. The van der Waals surface area contributed by atoms with E-state index in [0.717, 1.165) is 83.4 Å². The molecule has 12 aromatic carbocycles. The molecule has 0 unspecified atom stereocenters. The van der Waals surface area contributed by atoms with Gasteiger partial charge in [-0.15, -0.1) is 0 Å². The van der Waals surface area contributed by atoms with Crippen LogP contribution in [-0.4, -0.2) is 33.2 Å². The van der Waals surface area contributed by atoms with Crippen LogP contribution in [0.1, 0.15) is 0 Å². The third-order valence-electron chi connectivity index (χ3n) is 16.6. The molecule has 0 N–H and O–H groups in total. The summed E-state index contributed by atoms with van der Waals surface area (Å²) in [4.78, 5) is 16.3. The standard InChI is InChI=1S/C75H47N7/c1-3-23-48(24-4-1)73-76-74(49-25-5-2-6-26-49)78-75(77-73)72-57(34-21-42-70(72)82-65-40-19-12-32-56(65)59-47-50(45-46-67(59)82)79-60-35-14-7-27-51(60)52-28-8-15-36-61(52)79)55-31-11-18-39-64(55)81-66-41-20-13-33-58(66)71-68(43-22-44-69(71)81)80-62-37-16-9-29-53(62)54-30-10-17-38-63(54)80/h1-47H. The summed E-state index contributed by atoms with van der Waals surface area (Å²) < 4.78 is 9.74. The second-order valence-electron chi connectivity index (χ2n) is 21.1. The van der Waals surface area contributed by atoms with Crippen molar-refractivity contribution < 1.29 is 0 Å². The molecule has 82 heavy (non-hydrogen) atoms. The van der Waals surface area contributed by atoms with E-state index in [-0.39, 0.29) is 0 Å². The number of fused-ring (bicyclic) bond motifs is 12. The molecule has 5 heterocycles. The molecule has 0 aliphatic heterocycles. The van der Waals surface area contributed by atoms with Crippen LogP contribution < -0.4 is 0 Å². The van der Waals surface area contributed by atoms with Crippen molar-refractivity contribution in [2.75, 3.05) is 0 Å². The maximum absolute atomic E-state index is 5.56. The first-order valence-electron chi connectivity index (χ1n) is 27.9. The predicted molar refractivity (Wildman–Crippen MR) is 339 cm³/mol. The van der Waals surface area contributed by atoms with Crippen molar-refractivity contribution in [3.05, 3.63) is 285 Å². The van der Waals surface area contributed by atoms with Crippen molar-refractivity contribution in [2.24, 2.45) is 0 Å². The Kier molecular flexibility index (Phi) is 10.2. The van der Waals surface area contributed by atoms with Crippen LogP contribution in [0, 0.1) is 0 Å². The summed E-state index contributed by atoms with van der Waals surface area (Å²) in [5, 5.41) is 9.55. The molecule has 5 aromatic heterocycles. The Labute approximate surface area is 471 Å². The molecule has 0 saturated heterocycles. The van der Waals surface area contributed by atoms with Crippen LogP contribution in [0.5, 0.6) is 0 Å². The Morgan fingerprint density at radius 1 is 0.220 bits per heavy atom. The number of nitrogens with zero attached hydrogens (tertiary/aromatic N) is 7. The number of rotatable bonds is 8. The van der Waals surface area contributed by atoms with Gasteiger partial charge in [0.15, 0.2) is 17.5 Å². The fraction of sp³-hybridized carbons (Fsp3) is 0. The number of aromatic nitrogens is 7. The smallest absolute Gasteiger partial charge is 0.166 e. The normalized spacial score (nSPS) is 11.9. The predicted octanol–water partition coefficient (Wildman–Crippen LogP) is 18.9. The molecule has 0 atom stereocenters. The molecule has 0 amide bonds. The van der Waals surface area contributed by atoms with Crippen LogP contribution in [0.2, 0.25) is 0 Å². The molecule has 17 rings (SSSR count). The summed E-state index contributed by atoms with van der Waals surface area (Å²) >= 11 is 0. The van der Waals surface area contributed by atoms with Gasteiger partial charge < -0.3 is 18.3 Å². The molecule has 0 radical (unpaired) electrons. The molecule has 7 nitrogen and oxygen atoms in total. The van der Waals surface area contributed by atoms with Crippen LogP contribution in [0.25, 0.3) is 155 Å². The fourth-order valence-electron chi connectivity index (χ4n) is 13.2. The minimum absolute atomic E-state index is 0.566. The first kappa shape index (κ1) is 45.8. The number of hydrogen-bond acceptors (Lipinski definition) is 3. The van der Waals surface area contributed by atoms with Gasteiger partial charge in [0.2, 0.25) is 0 Å². The average molecular weight is 1050 g/mol. The molecule has 0 fully saturated rings. The molecular formula is C75H47N7. The maximum Gasteiger partial charge on any atom is 0.166 e. The molecule has 7 heteroatoms. The van der Waals surface area contributed by atoms with Crippen molar-refractivity contribution in [2.45, 2.75) is 0 Å². The average Bonchev–Trinajstić information content (AvgIpc) is 4.21. The van der Waals surface area contributed by atoms with Gasteiger partial charge in [-0.2, -0.15) is 0 Å². The Hall–Kier alpha value is -11.2. The molecule has 0 bridgehead atoms. The third kappa shape index (κ3) is 6.87. The van der Waals surface area contributed by atoms with E-state index >= 15 is 0 Å². The van der Waals surface area contributed by atoms with Crippen molar-refractivity contribution in [3.8, 4) is 68.0 Å². The van der Waals surface area contributed by atoms with Crippen LogP contribution in [0.3, 0.4) is 0 Å². The van der Waals surface area contributed by atoms with E-state index in [1.165, 1.54) is 54.4 Å². The fourth-order valence-corrected chi connectivity index (χ4v) is 13.2. The zero-order chi connectivity index (χ0) is 53.8. The Balaban J connectivity index is 0.958. The van der Waals surface area contributed by atoms with E-state index in [4.69, 9.17) is 15.0 Å². The summed E-state index contributed by atoms with van der Waals surface area (Å²) in [7, 11) is 0. The van der Waals surface area contributed by atoms with Crippen molar-refractivity contribution >= 4 is 87.2 Å². The van der Waals surface area contributed by atoms with Gasteiger partial charge in [0, 0.05) is 65.5 Å². The highest BCUT2D eigenvalue weighted by Crippen LogP contribution is 2.46. The number of para-hydroxylation sites is 7. The first-order chi connectivity index (χ1) is 40.7. The van der Waals surface area contributed by atoms with E-state index in [0.29, 0.717) is 17.5 Å². The minimum Gasteiger partial charge on any atom is -0.309 e. The lowest BCUT2D eigenvalue weighted by Crippen LogP contribution is -2.06. The van der Waals surface area contributed by atoms with Gasteiger partial charge in [0.25, 0.3) is 0 Å². The lowest BCUT2D eigenvalue weighted by Gasteiger charge is -2.21. The van der Waals surface area contributed by atoms with Gasteiger partial charge >= 0.3 is 0 Å². The lowest BCUT2D eigenvalue weighted by molar-refractivity contribution is 1.06. The first-order valence-corrected chi connectivity index (χ1v) is 27.9. The number of hydrogen-bond donors (Lipinski definition) is 0. The van der Waals surface area contributed by atoms with E-state index in [9.17, 15) is 0 Å². The Morgan fingerprint density at radius 3 is 1.16 bits per heavy atom. The van der Waals surface area contributed by atoms with Gasteiger partial charge in [-0.05, 0) is 84.4 Å². The number of benzene rings is 12.